The molecule has 0 saturated carbocycles. The van der Waals surface area contributed by atoms with E-state index >= 15 is 0 Å². The van der Waals surface area contributed by atoms with Crippen molar-refractivity contribution in [3.05, 3.63) is 69.4 Å². The number of nitrogens with one attached hydrogen (secondary N) is 1. The fraction of sp³-hybridized carbons (Fsp3) is 0.433. The van der Waals surface area contributed by atoms with Crippen molar-refractivity contribution in [2.45, 2.75) is 65.0 Å². The van der Waals surface area contributed by atoms with E-state index in [0.717, 1.165) is 58.0 Å². The number of halogens is 1. The molecule has 1 aromatic heterocycles. The van der Waals surface area contributed by atoms with Crippen molar-refractivity contribution < 1.29 is 23.8 Å². The number of carbonyl (C=O) groups excluding carboxylic acids is 2. The lowest BCUT2D eigenvalue weighted by atomic mass is 9.86. The second kappa shape index (κ2) is 12.1. The molecule has 0 saturated heterocycles. The highest BCUT2D eigenvalue weighted by Gasteiger charge is 2.30. The summed E-state index contributed by atoms with van der Waals surface area (Å²) in [6, 6.07) is 12.1. The first-order valence-corrected chi connectivity index (χ1v) is 13.6. The zero-order valence-electron chi connectivity index (χ0n) is 23.2. The summed E-state index contributed by atoms with van der Waals surface area (Å²) >= 11 is 6.04. The number of esters is 1. The van der Waals surface area contributed by atoms with Gasteiger partial charge >= 0.3 is 12.1 Å². The highest BCUT2D eigenvalue weighted by atomic mass is 35.5. The maximum Gasteiger partial charge on any atom is 0.407 e. The lowest BCUT2D eigenvalue weighted by molar-refractivity contribution is 0.0522. The molecule has 0 fully saturated rings. The van der Waals surface area contributed by atoms with E-state index in [1.807, 2.05) is 45.0 Å². The fourth-order valence-electron chi connectivity index (χ4n) is 4.84. The topological polar surface area (TPSA) is 91.7 Å². The minimum absolute atomic E-state index is 0.392. The van der Waals surface area contributed by atoms with Crippen molar-refractivity contribution in [3.63, 3.8) is 0 Å². The van der Waals surface area contributed by atoms with Gasteiger partial charge in [0, 0.05) is 29.2 Å². The fourth-order valence-corrected chi connectivity index (χ4v) is 4.97. The number of nitrogens with zero attached hydrogens (tertiary/aromatic N) is 2. The zero-order chi connectivity index (χ0) is 28.2. The van der Waals surface area contributed by atoms with Crippen molar-refractivity contribution in [1.82, 2.24) is 15.1 Å². The number of rotatable bonds is 9. The molecule has 1 heterocycles. The number of alkyl carbamates (subject to hydrolysis) is 1. The standard InChI is InChI=1S/C30H36ClN3O5/c1-30(2,3)39-29(36)32-15-6-16-34-27(28(35)38-5)23-14-11-20-18-25(37-4)21(17-24(20)26(23)33-34)10-7-19-8-12-22(31)13-9-19/h8-9,12-13,17-18H,6-7,10-11,14-16H2,1-5H3,(H,32,36). The zero-order valence-corrected chi connectivity index (χ0v) is 24.0. The third-order valence-electron chi connectivity index (χ3n) is 6.65. The molecule has 4 rings (SSSR count). The number of methoxy groups -OCH3 is 2. The van der Waals surface area contributed by atoms with Crippen LogP contribution < -0.4 is 10.1 Å². The third-order valence-corrected chi connectivity index (χ3v) is 6.90. The molecule has 0 spiro atoms. The molecule has 39 heavy (non-hydrogen) atoms. The van der Waals surface area contributed by atoms with Gasteiger partial charge in [-0.1, -0.05) is 23.7 Å². The number of aromatic nitrogens is 2. The van der Waals surface area contributed by atoms with Crippen LogP contribution in [0, 0.1) is 0 Å². The van der Waals surface area contributed by atoms with Gasteiger partial charge in [0.05, 0.1) is 19.9 Å². The predicted octanol–water partition coefficient (Wildman–Crippen LogP) is 5.80. The molecule has 9 heteroatoms. The van der Waals surface area contributed by atoms with Crippen LogP contribution in [-0.4, -0.2) is 48.2 Å². The van der Waals surface area contributed by atoms with E-state index in [9.17, 15) is 9.59 Å². The highest BCUT2D eigenvalue weighted by molar-refractivity contribution is 6.30. The van der Waals surface area contributed by atoms with Crippen LogP contribution in [0.15, 0.2) is 36.4 Å². The smallest absolute Gasteiger partial charge is 0.407 e. The Kier molecular flexibility index (Phi) is 8.85. The second-order valence-electron chi connectivity index (χ2n) is 10.6. The summed E-state index contributed by atoms with van der Waals surface area (Å²) in [4.78, 5) is 24.8. The van der Waals surface area contributed by atoms with Crippen LogP contribution in [0.25, 0.3) is 11.3 Å². The van der Waals surface area contributed by atoms with Gasteiger partial charge in [0.1, 0.15) is 17.0 Å². The minimum atomic E-state index is -0.563. The second-order valence-corrected chi connectivity index (χ2v) is 11.1. The van der Waals surface area contributed by atoms with Gasteiger partial charge in [-0.15, -0.1) is 0 Å². The average molecular weight is 554 g/mol. The number of amides is 1. The Balaban J connectivity index is 1.57. The maximum atomic E-state index is 12.8. The molecular formula is C30H36ClN3O5. The first kappa shape index (κ1) is 28.5. The van der Waals surface area contributed by atoms with Crippen molar-refractivity contribution in [2.24, 2.45) is 0 Å². The molecule has 0 unspecified atom stereocenters. The Morgan fingerprint density at radius 3 is 2.49 bits per heavy atom. The van der Waals surface area contributed by atoms with E-state index in [-0.39, 0.29) is 0 Å². The average Bonchev–Trinajstić information content (AvgIpc) is 3.27. The molecule has 1 aliphatic carbocycles. The van der Waals surface area contributed by atoms with E-state index in [1.165, 1.54) is 12.7 Å². The van der Waals surface area contributed by atoms with Crippen molar-refractivity contribution in [1.29, 1.82) is 0 Å². The Morgan fingerprint density at radius 2 is 1.82 bits per heavy atom. The predicted molar refractivity (Wildman–Crippen MR) is 151 cm³/mol. The summed E-state index contributed by atoms with van der Waals surface area (Å²) in [6.45, 7) is 6.30. The van der Waals surface area contributed by atoms with Crippen LogP contribution in [0.5, 0.6) is 5.75 Å². The van der Waals surface area contributed by atoms with Gasteiger partial charge in [-0.2, -0.15) is 5.10 Å². The quantitative estimate of drug-likeness (QED) is 0.266. The SMILES string of the molecule is COC(=O)c1c2c(nn1CCCNC(=O)OC(C)(C)C)-c1cc(CCc3ccc(Cl)cc3)c(OC)cc1CC2. The van der Waals surface area contributed by atoms with Gasteiger partial charge in [-0.25, -0.2) is 9.59 Å². The third kappa shape index (κ3) is 6.92. The molecule has 0 aliphatic heterocycles. The molecule has 2 aromatic carbocycles. The van der Waals surface area contributed by atoms with Crippen LogP contribution in [0.3, 0.4) is 0 Å². The number of hydrogen-bond donors (Lipinski definition) is 1. The number of ether oxygens (including phenoxy) is 3. The molecule has 0 atom stereocenters. The van der Waals surface area contributed by atoms with Crippen molar-refractivity contribution in [3.8, 4) is 17.0 Å². The number of hydrogen-bond acceptors (Lipinski definition) is 6. The molecule has 8 nitrogen and oxygen atoms in total. The number of carbonyl (C=O) groups is 2. The normalized spacial score (nSPS) is 12.4. The van der Waals surface area contributed by atoms with Crippen LogP contribution in [0.2, 0.25) is 5.02 Å². The van der Waals surface area contributed by atoms with E-state index in [0.29, 0.717) is 31.6 Å². The van der Waals surface area contributed by atoms with Gasteiger partial charge in [0.2, 0.25) is 0 Å². The Hall–Kier alpha value is -3.52. The van der Waals surface area contributed by atoms with Gasteiger partial charge in [-0.3, -0.25) is 4.68 Å². The van der Waals surface area contributed by atoms with Crippen LogP contribution >= 0.6 is 11.6 Å². The van der Waals surface area contributed by atoms with E-state index < -0.39 is 17.7 Å². The minimum Gasteiger partial charge on any atom is -0.496 e. The van der Waals surface area contributed by atoms with Crippen molar-refractivity contribution >= 4 is 23.7 Å². The number of fused-ring (bicyclic) bond motifs is 3. The van der Waals surface area contributed by atoms with E-state index in [2.05, 4.69) is 17.4 Å². The molecular weight excluding hydrogens is 518 g/mol. The summed E-state index contributed by atoms with van der Waals surface area (Å²) in [6.07, 6.45) is 3.18. The largest absolute Gasteiger partial charge is 0.496 e. The van der Waals surface area contributed by atoms with Crippen molar-refractivity contribution in [2.75, 3.05) is 20.8 Å². The maximum absolute atomic E-state index is 12.8. The summed E-state index contributed by atoms with van der Waals surface area (Å²) in [5, 5.41) is 8.36. The van der Waals surface area contributed by atoms with Gasteiger partial charge < -0.3 is 19.5 Å². The lowest BCUT2D eigenvalue weighted by Gasteiger charge is -2.19. The Labute approximate surface area is 234 Å². The molecule has 1 amide bonds. The van der Waals surface area contributed by atoms with Gasteiger partial charge in [0.25, 0.3) is 0 Å². The monoisotopic (exact) mass is 553 g/mol. The molecule has 1 aliphatic rings. The summed E-state index contributed by atoms with van der Waals surface area (Å²) in [7, 11) is 3.07. The summed E-state index contributed by atoms with van der Waals surface area (Å²) < 4.78 is 17.9. The molecule has 0 bridgehead atoms. The van der Waals surface area contributed by atoms with Gasteiger partial charge in [-0.05, 0) is 93.8 Å². The van der Waals surface area contributed by atoms with Crippen LogP contribution in [-0.2, 0) is 41.7 Å². The molecule has 1 N–H and O–H groups in total. The first-order valence-electron chi connectivity index (χ1n) is 13.2. The number of aryl methyl sites for hydroxylation is 4. The molecule has 0 radical (unpaired) electrons. The van der Waals surface area contributed by atoms with E-state index in [4.69, 9.17) is 30.9 Å². The van der Waals surface area contributed by atoms with E-state index in [1.54, 1.807) is 11.8 Å². The lowest BCUT2D eigenvalue weighted by Crippen LogP contribution is -2.33. The number of benzene rings is 2. The highest BCUT2D eigenvalue weighted by Crippen LogP contribution is 2.39. The Bertz CT molecular complexity index is 1340. The molecule has 3 aromatic rings. The first-order chi connectivity index (χ1) is 18.6. The summed E-state index contributed by atoms with van der Waals surface area (Å²) in [5.74, 6) is 0.441. The van der Waals surface area contributed by atoms with Crippen LogP contribution in [0.4, 0.5) is 4.79 Å². The molecule has 208 valence electrons. The van der Waals surface area contributed by atoms with Crippen LogP contribution in [0.1, 0.15) is 59.9 Å². The van der Waals surface area contributed by atoms with Gasteiger partial charge in [0.15, 0.2) is 0 Å². The summed E-state index contributed by atoms with van der Waals surface area (Å²) in [5.41, 5.74) is 6.02. The Morgan fingerprint density at radius 1 is 1.08 bits per heavy atom.